The third-order valence-corrected chi connectivity index (χ3v) is 4.89. The van der Waals surface area contributed by atoms with E-state index in [9.17, 15) is 24.9 Å². The summed E-state index contributed by atoms with van der Waals surface area (Å²) in [5.74, 6) is -1.60. The van der Waals surface area contributed by atoms with Crippen LogP contribution in [0.3, 0.4) is 0 Å². The normalized spacial score (nSPS) is 28.2. The summed E-state index contributed by atoms with van der Waals surface area (Å²) < 4.78 is 15.8. The summed E-state index contributed by atoms with van der Waals surface area (Å²) in [5, 5.41) is 33.8. The smallest absolute Gasteiger partial charge is 0.309 e. The predicted octanol–water partition coefficient (Wildman–Crippen LogP) is -0.0805. The number of aliphatic hydroxyl groups is 2. The number of nitrogens with one attached hydrogen (secondary N) is 1. The van der Waals surface area contributed by atoms with Crippen molar-refractivity contribution in [3.05, 3.63) is 23.3 Å². The molecule has 2 heterocycles. The Balaban J connectivity index is 1.83. The monoisotopic (exact) mass is 377 g/mol. The van der Waals surface area contributed by atoms with E-state index in [-0.39, 0.29) is 29.6 Å². The SMILES string of the molecule is CC(C)C(=O)O[C@H]1C=C2c3cc4c(c(O)c3C(=O)N[C@H]2[C@H](O)[C@@H]1O)OCO4. The Labute approximate surface area is 154 Å². The molecule has 9 nitrogen and oxygen atoms in total. The number of rotatable bonds is 2. The van der Waals surface area contributed by atoms with Gasteiger partial charge in [-0.25, -0.2) is 0 Å². The predicted molar refractivity (Wildman–Crippen MR) is 90.2 cm³/mol. The van der Waals surface area contributed by atoms with Crippen LogP contribution in [-0.2, 0) is 9.53 Å². The highest BCUT2D eigenvalue weighted by Gasteiger charge is 2.46. The maximum Gasteiger partial charge on any atom is 0.309 e. The number of benzene rings is 1. The largest absolute Gasteiger partial charge is 0.504 e. The van der Waals surface area contributed by atoms with Crippen LogP contribution in [0.25, 0.3) is 5.57 Å². The summed E-state index contributed by atoms with van der Waals surface area (Å²) in [4.78, 5) is 24.4. The lowest BCUT2D eigenvalue weighted by Gasteiger charge is -2.40. The molecule has 1 aromatic carbocycles. The first-order chi connectivity index (χ1) is 12.8. The van der Waals surface area contributed by atoms with Crippen LogP contribution < -0.4 is 14.8 Å². The average Bonchev–Trinajstić information content (AvgIpc) is 3.09. The molecule has 1 amide bonds. The lowest BCUT2D eigenvalue weighted by atomic mass is 9.79. The second-order valence-electron chi connectivity index (χ2n) is 6.99. The van der Waals surface area contributed by atoms with Gasteiger partial charge < -0.3 is 34.8 Å². The van der Waals surface area contributed by atoms with Crippen molar-refractivity contribution in [2.24, 2.45) is 5.92 Å². The van der Waals surface area contributed by atoms with Crippen molar-refractivity contribution in [1.29, 1.82) is 0 Å². The van der Waals surface area contributed by atoms with Gasteiger partial charge in [0, 0.05) is 5.56 Å². The lowest BCUT2D eigenvalue weighted by Crippen LogP contribution is -2.57. The zero-order valence-electron chi connectivity index (χ0n) is 14.6. The minimum Gasteiger partial charge on any atom is -0.504 e. The molecule has 1 aromatic rings. The van der Waals surface area contributed by atoms with E-state index in [1.165, 1.54) is 12.1 Å². The zero-order valence-corrected chi connectivity index (χ0v) is 14.6. The van der Waals surface area contributed by atoms with E-state index in [1.54, 1.807) is 13.8 Å². The number of amides is 1. The molecule has 0 spiro atoms. The average molecular weight is 377 g/mol. The Morgan fingerprint density at radius 2 is 2.04 bits per heavy atom. The van der Waals surface area contributed by atoms with Gasteiger partial charge in [0.2, 0.25) is 12.5 Å². The van der Waals surface area contributed by atoms with E-state index in [2.05, 4.69) is 5.32 Å². The van der Waals surface area contributed by atoms with Crippen LogP contribution in [0.15, 0.2) is 12.1 Å². The number of esters is 1. The highest BCUT2D eigenvalue weighted by Crippen LogP contribution is 2.48. The molecule has 9 heteroatoms. The fourth-order valence-corrected chi connectivity index (χ4v) is 3.45. The fraction of sp³-hybridized carbons (Fsp3) is 0.444. The molecule has 1 aliphatic carbocycles. The molecule has 2 aliphatic heterocycles. The van der Waals surface area contributed by atoms with Gasteiger partial charge in [-0.1, -0.05) is 13.8 Å². The van der Waals surface area contributed by atoms with E-state index in [4.69, 9.17) is 14.2 Å². The van der Waals surface area contributed by atoms with Gasteiger partial charge in [-0.15, -0.1) is 0 Å². The zero-order chi connectivity index (χ0) is 19.5. The topological polar surface area (TPSA) is 135 Å². The summed E-state index contributed by atoms with van der Waals surface area (Å²) in [7, 11) is 0. The lowest BCUT2D eigenvalue weighted by molar-refractivity contribution is -0.160. The Morgan fingerprint density at radius 1 is 1.30 bits per heavy atom. The first-order valence-electron chi connectivity index (χ1n) is 8.54. The van der Waals surface area contributed by atoms with E-state index in [0.717, 1.165) is 0 Å². The van der Waals surface area contributed by atoms with Gasteiger partial charge in [-0.05, 0) is 17.7 Å². The highest BCUT2D eigenvalue weighted by molar-refractivity contribution is 6.07. The number of ether oxygens (including phenoxy) is 3. The number of phenolic OH excluding ortho intramolecular Hbond substituents is 1. The molecule has 4 rings (SSSR count). The Morgan fingerprint density at radius 3 is 2.74 bits per heavy atom. The van der Waals surface area contributed by atoms with Gasteiger partial charge in [0.1, 0.15) is 18.3 Å². The van der Waals surface area contributed by atoms with Crippen LogP contribution in [-0.4, -0.2) is 58.3 Å². The quantitative estimate of drug-likeness (QED) is 0.526. The minimum absolute atomic E-state index is 0.0284. The van der Waals surface area contributed by atoms with Gasteiger partial charge in [0.25, 0.3) is 5.91 Å². The van der Waals surface area contributed by atoms with Crippen molar-refractivity contribution in [3.63, 3.8) is 0 Å². The minimum atomic E-state index is -1.41. The molecule has 0 saturated carbocycles. The van der Waals surface area contributed by atoms with Gasteiger partial charge in [0.15, 0.2) is 11.5 Å². The number of phenols is 1. The molecule has 27 heavy (non-hydrogen) atoms. The van der Waals surface area contributed by atoms with E-state index in [1.807, 2.05) is 0 Å². The molecule has 4 N–H and O–H groups in total. The van der Waals surface area contributed by atoms with Crippen LogP contribution in [0, 0.1) is 5.92 Å². The van der Waals surface area contributed by atoms with Gasteiger partial charge in [-0.3, -0.25) is 9.59 Å². The molecule has 0 saturated heterocycles. The second-order valence-corrected chi connectivity index (χ2v) is 6.99. The molecule has 0 aromatic heterocycles. The van der Waals surface area contributed by atoms with Crippen molar-refractivity contribution in [2.45, 2.75) is 38.2 Å². The number of carbonyl (C=O) groups is 2. The first-order valence-corrected chi connectivity index (χ1v) is 8.54. The third-order valence-electron chi connectivity index (χ3n) is 4.89. The van der Waals surface area contributed by atoms with Gasteiger partial charge in [-0.2, -0.15) is 0 Å². The van der Waals surface area contributed by atoms with Crippen molar-refractivity contribution >= 4 is 17.4 Å². The number of hydrogen-bond acceptors (Lipinski definition) is 8. The summed E-state index contributed by atoms with van der Waals surface area (Å²) >= 11 is 0. The highest BCUT2D eigenvalue weighted by atomic mass is 16.7. The summed E-state index contributed by atoms with van der Waals surface area (Å²) in [6, 6.07) is 0.606. The van der Waals surface area contributed by atoms with E-state index < -0.39 is 42.1 Å². The van der Waals surface area contributed by atoms with Gasteiger partial charge >= 0.3 is 5.97 Å². The standard InChI is InChI=1S/C18H19NO8/c1-6(2)18(24)27-9-4-8-7-3-10-16(26-5-25-10)14(21)11(7)17(23)19-12(8)15(22)13(9)20/h3-4,6,9,12-13,15,20-22H,5H2,1-2H3,(H,19,23)/t9-,12+,13+,15-/m0/s1. The van der Waals surface area contributed by atoms with Crippen LogP contribution in [0.4, 0.5) is 0 Å². The molecule has 0 bridgehead atoms. The number of fused-ring (bicyclic) bond motifs is 4. The number of hydrogen-bond donors (Lipinski definition) is 4. The van der Waals surface area contributed by atoms with Crippen LogP contribution in [0.2, 0.25) is 0 Å². The second kappa shape index (κ2) is 6.14. The van der Waals surface area contributed by atoms with Gasteiger partial charge in [0.05, 0.1) is 17.5 Å². The number of aliphatic hydroxyl groups excluding tert-OH is 2. The molecule has 4 atom stereocenters. The van der Waals surface area contributed by atoms with Crippen LogP contribution >= 0.6 is 0 Å². The Hall–Kier alpha value is -2.78. The molecule has 0 radical (unpaired) electrons. The molecule has 3 aliphatic rings. The fourth-order valence-electron chi connectivity index (χ4n) is 3.45. The van der Waals surface area contributed by atoms with E-state index >= 15 is 0 Å². The summed E-state index contributed by atoms with van der Waals surface area (Å²) in [5.41, 5.74) is 0.707. The van der Waals surface area contributed by atoms with Crippen molar-refractivity contribution < 1.29 is 39.1 Å². The summed E-state index contributed by atoms with van der Waals surface area (Å²) in [6.45, 7) is 3.21. The van der Waals surface area contributed by atoms with Crippen molar-refractivity contribution in [1.82, 2.24) is 5.32 Å². The van der Waals surface area contributed by atoms with Crippen LogP contribution in [0.5, 0.6) is 17.2 Å². The Bertz CT molecular complexity index is 861. The third kappa shape index (κ3) is 2.62. The maximum atomic E-state index is 12.5. The molecule has 0 fully saturated rings. The number of aromatic hydroxyl groups is 1. The van der Waals surface area contributed by atoms with Crippen LogP contribution in [0.1, 0.15) is 29.8 Å². The molecule has 0 unspecified atom stereocenters. The van der Waals surface area contributed by atoms with Crippen molar-refractivity contribution in [3.8, 4) is 17.2 Å². The first kappa shape index (κ1) is 17.6. The maximum absolute atomic E-state index is 12.5. The molecular weight excluding hydrogens is 358 g/mol. The number of carbonyl (C=O) groups excluding carboxylic acids is 2. The molecular formula is C18H19NO8. The van der Waals surface area contributed by atoms with Crippen molar-refractivity contribution in [2.75, 3.05) is 6.79 Å². The summed E-state index contributed by atoms with van der Waals surface area (Å²) in [6.07, 6.45) is -2.44. The van der Waals surface area contributed by atoms with E-state index in [0.29, 0.717) is 11.1 Å². The Kier molecular flexibility index (Phi) is 4.01. The molecule has 144 valence electrons.